The van der Waals surface area contributed by atoms with Gasteiger partial charge in [-0.2, -0.15) is 0 Å². The molecule has 2 aliphatic heterocycles. The van der Waals surface area contributed by atoms with Crippen molar-refractivity contribution in [1.29, 1.82) is 0 Å². The normalized spacial score (nSPS) is 21.1. The van der Waals surface area contributed by atoms with E-state index in [1.165, 1.54) is 12.0 Å². The Morgan fingerprint density at radius 2 is 1.74 bits per heavy atom. The highest BCUT2D eigenvalue weighted by Crippen LogP contribution is 2.41. The second-order valence-electron chi connectivity index (χ2n) is 11.0. The van der Waals surface area contributed by atoms with E-state index in [2.05, 4.69) is 41.1 Å². The molecule has 5 rings (SSSR count). The summed E-state index contributed by atoms with van der Waals surface area (Å²) in [5, 5.41) is 14.2. The van der Waals surface area contributed by atoms with Gasteiger partial charge in [0.1, 0.15) is 25.2 Å². The monoisotopic (exact) mass is 522 g/mol. The minimum Gasteiger partial charge on any atom is -0.507 e. The van der Waals surface area contributed by atoms with E-state index < -0.39 is 0 Å². The molecule has 0 unspecified atom stereocenters. The first-order chi connectivity index (χ1) is 18.9. The summed E-state index contributed by atoms with van der Waals surface area (Å²) in [5.74, 6) is 2.23. The summed E-state index contributed by atoms with van der Waals surface area (Å²) in [6, 6.07) is 18.0. The molecule has 1 saturated carbocycles. The van der Waals surface area contributed by atoms with Gasteiger partial charge in [-0.25, -0.2) is 4.99 Å². The number of nitrogens with one attached hydrogen (secondary N) is 1. The maximum atomic E-state index is 14.0. The molecule has 2 heterocycles. The topological polar surface area (TPSA) is 68.2 Å². The molecule has 39 heavy (non-hydrogen) atoms. The Kier molecular flexibility index (Phi) is 7.96. The number of aliphatic imine (C=N–C) groups is 1. The minimum absolute atomic E-state index is 0.203. The molecule has 2 aromatic rings. The van der Waals surface area contributed by atoms with Crippen LogP contribution in [-0.4, -0.2) is 60.6 Å². The first-order valence-corrected chi connectivity index (χ1v) is 14.2. The number of carbonyl (C=O) groups is 1. The third-order valence-electron chi connectivity index (χ3n) is 8.59. The Morgan fingerprint density at radius 3 is 2.41 bits per heavy atom. The lowest BCUT2D eigenvalue weighted by Crippen LogP contribution is -2.53. The molecule has 2 N–H and O–H groups in total. The molecule has 0 atom stereocenters. The van der Waals surface area contributed by atoms with Gasteiger partial charge in [0, 0.05) is 37.8 Å². The molecule has 0 radical (unpaired) electrons. The standard InChI is InChI=1S/C32H39BN4O2/c1-3-26(33)30-35-27(25-14-8-9-15-28(25)38)22-29(36(30)2)34-24-16-20-37(21-17-24)31(39)32(18-10-5-11-19-32)23-12-6-4-7-13-23/h3-4,6-9,12-15,22,24,34,38H,1,5,10-11,16-21,33H2,2H3/b30-26+. The molecular formula is C32H39BN4O2. The van der Waals surface area contributed by atoms with Crippen LogP contribution in [0.3, 0.4) is 0 Å². The van der Waals surface area contributed by atoms with Gasteiger partial charge in [0.15, 0.2) is 0 Å². The molecule has 3 aliphatic rings. The van der Waals surface area contributed by atoms with Crippen molar-refractivity contribution in [1.82, 2.24) is 15.1 Å². The Morgan fingerprint density at radius 1 is 1.08 bits per heavy atom. The third-order valence-corrected chi connectivity index (χ3v) is 8.59. The number of rotatable bonds is 6. The average molecular weight is 523 g/mol. The molecule has 1 aliphatic carbocycles. The highest BCUT2D eigenvalue weighted by atomic mass is 16.3. The van der Waals surface area contributed by atoms with Crippen LogP contribution in [0.25, 0.3) is 0 Å². The van der Waals surface area contributed by atoms with Gasteiger partial charge in [0.05, 0.1) is 11.1 Å². The molecule has 2 fully saturated rings. The van der Waals surface area contributed by atoms with Crippen molar-refractivity contribution in [3.05, 3.63) is 102 Å². The lowest BCUT2D eigenvalue weighted by molar-refractivity contribution is -0.140. The van der Waals surface area contributed by atoms with E-state index in [0.29, 0.717) is 17.2 Å². The number of aromatic hydroxyl groups is 1. The van der Waals surface area contributed by atoms with Crippen LogP contribution in [0.4, 0.5) is 0 Å². The number of allylic oxidation sites excluding steroid dienone is 3. The number of nitrogens with zero attached hydrogens (tertiary/aromatic N) is 3. The number of hydrogen-bond donors (Lipinski definition) is 2. The molecule has 6 nitrogen and oxygen atoms in total. The van der Waals surface area contributed by atoms with Crippen LogP contribution in [0.15, 0.2) is 95.4 Å². The lowest BCUT2D eigenvalue weighted by Gasteiger charge is -2.43. The number of phenolic OH excluding ortho intramolecular Hbond substituents is 1. The second kappa shape index (κ2) is 11.6. The molecule has 0 aromatic heterocycles. The van der Waals surface area contributed by atoms with E-state index >= 15 is 0 Å². The van der Waals surface area contributed by atoms with Gasteiger partial charge in [0.2, 0.25) is 5.91 Å². The fourth-order valence-corrected chi connectivity index (χ4v) is 6.25. The minimum atomic E-state index is -0.378. The number of benzene rings is 2. The van der Waals surface area contributed by atoms with Crippen molar-refractivity contribution < 1.29 is 9.90 Å². The summed E-state index contributed by atoms with van der Waals surface area (Å²) in [7, 11) is 3.99. The molecule has 202 valence electrons. The second-order valence-corrected chi connectivity index (χ2v) is 11.0. The molecule has 1 saturated heterocycles. The number of hydrogen-bond acceptors (Lipinski definition) is 5. The van der Waals surface area contributed by atoms with Gasteiger partial charge in [-0.1, -0.05) is 74.4 Å². The highest BCUT2D eigenvalue weighted by Gasteiger charge is 2.44. The van der Waals surface area contributed by atoms with Gasteiger partial charge in [-0.15, -0.1) is 0 Å². The van der Waals surface area contributed by atoms with E-state index in [4.69, 9.17) is 4.99 Å². The van der Waals surface area contributed by atoms with E-state index in [9.17, 15) is 9.90 Å². The van der Waals surface area contributed by atoms with Gasteiger partial charge >= 0.3 is 0 Å². The Hall–Kier alpha value is -3.74. The van der Waals surface area contributed by atoms with Crippen molar-refractivity contribution in [3.8, 4) is 5.75 Å². The van der Waals surface area contributed by atoms with Crippen LogP contribution in [0.1, 0.15) is 56.1 Å². The van der Waals surface area contributed by atoms with Crippen molar-refractivity contribution in [2.45, 2.75) is 56.4 Å². The molecule has 2 aromatic carbocycles. The predicted octanol–water partition coefficient (Wildman–Crippen LogP) is 4.44. The maximum Gasteiger partial charge on any atom is 0.233 e. The van der Waals surface area contributed by atoms with Crippen molar-refractivity contribution in [2.75, 3.05) is 20.1 Å². The van der Waals surface area contributed by atoms with Gasteiger partial charge in [-0.05, 0) is 48.9 Å². The van der Waals surface area contributed by atoms with Crippen LogP contribution in [0.2, 0.25) is 0 Å². The third kappa shape index (κ3) is 5.40. The average Bonchev–Trinajstić information content (AvgIpc) is 2.99. The Bertz CT molecular complexity index is 1300. The van der Waals surface area contributed by atoms with Crippen LogP contribution in [0.5, 0.6) is 5.75 Å². The summed E-state index contributed by atoms with van der Waals surface area (Å²) >= 11 is 0. The summed E-state index contributed by atoms with van der Waals surface area (Å²) in [6.07, 6.45) is 10.9. The highest BCUT2D eigenvalue weighted by molar-refractivity contribution is 6.24. The summed E-state index contributed by atoms with van der Waals surface area (Å²) < 4.78 is 0. The fourth-order valence-electron chi connectivity index (χ4n) is 6.25. The molecular weight excluding hydrogens is 483 g/mol. The van der Waals surface area contributed by atoms with Crippen LogP contribution < -0.4 is 5.32 Å². The smallest absolute Gasteiger partial charge is 0.233 e. The molecule has 0 spiro atoms. The first-order valence-electron chi connectivity index (χ1n) is 14.2. The quantitative estimate of drug-likeness (QED) is 0.551. The predicted molar refractivity (Wildman–Crippen MR) is 160 cm³/mol. The van der Waals surface area contributed by atoms with E-state index in [1.807, 2.05) is 50.1 Å². The number of phenols is 1. The van der Waals surface area contributed by atoms with Crippen molar-refractivity contribution >= 4 is 19.5 Å². The molecule has 1 amide bonds. The summed E-state index contributed by atoms with van der Waals surface area (Å²) in [4.78, 5) is 23.0. The largest absolute Gasteiger partial charge is 0.507 e. The number of amides is 1. The van der Waals surface area contributed by atoms with Crippen LogP contribution in [0, 0.1) is 0 Å². The number of para-hydroxylation sites is 1. The fraction of sp³-hybridized carbons (Fsp3) is 0.375. The first kappa shape index (κ1) is 26.9. The Labute approximate surface area is 233 Å². The maximum absolute atomic E-state index is 14.0. The van der Waals surface area contributed by atoms with Gasteiger partial charge in [-0.3, -0.25) is 4.79 Å². The Balaban J connectivity index is 1.32. The van der Waals surface area contributed by atoms with E-state index in [0.717, 1.165) is 68.7 Å². The zero-order valence-corrected chi connectivity index (χ0v) is 23.2. The van der Waals surface area contributed by atoms with Crippen molar-refractivity contribution in [2.24, 2.45) is 4.99 Å². The summed E-state index contributed by atoms with van der Waals surface area (Å²) in [5.41, 5.74) is 3.16. The number of piperidine rings is 1. The summed E-state index contributed by atoms with van der Waals surface area (Å²) in [6.45, 7) is 5.43. The van der Waals surface area contributed by atoms with E-state index in [1.54, 1.807) is 12.1 Å². The van der Waals surface area contributed by atoms with Crippen molar-refractivity contribution in [3.63, 3.8) is 0 Å². The van der Waals surface area contributed by atoms with Crippen LogP contribution in [-0.2, 0) is 10.2 Å². The van der Waals surface area contributed by atoms with Gasteiger partial charge in [0.25, 0.3) is 0 Å². The molecule has 0 bridgehead atoms. The molecule has 7 heteroatoms. The number of likely N-dealkylation sites (tertiary alicyclic amines) is 1. The van der Waals surface area contributed by atoms with Crippen LogP contribution >= 0.6 is 0 Å². The zero-order valence-electron chi connectivity index (χ0n) is 23.2. The zero-order chi connectivity index (χ0) is 27.4. The van der Waals surface area contributed by atoms with E-state index in [-0.39, 0.29) is 17.2 Å². The van der Waals surface area contributed by atoms with Gasteiger partial charge < -0.3 is 20.2 Å². The lowest BCUT2D eigenvalue weighted by atomic mass is 9.68. The SMILES string of the molecule is B/C(C=C)=C1\N=C(c2ccccc2O)C=C(NC2CCN(C(=O)C3(c4ccccc4)CCCCC3)CC2)N1C. The number of carbonyl (C=O) groups excluding carboxylic acids is 1.